The molecule has 0 aliphatic heterocycles. The van der Waals surface area contributed by atoms with Gasteiger partial charge in [-0.25, -0.2) is 0 Å². The summed E-state index contributed by atoms with van der Waals surface area (Å²) < 4.78 is 11.4. The normalized spacial score (nSPS) is 18.5. The van der Waals surface area contributed by atoms with Gasteiger partial charge in [0, 0.05) is 36.1 Å². The molecule has 0 spiro atoms. The van der Waals surface area contributed by atoms with Crippen molar-refractivity contribution in [3.05, 3.63) is 152 Å². The summed E-state index contributed by atoms with van der Waals surface area (Å²) in [6.45, 7) is 4.35. The van der Waals surface area contributed by atoms with Crippen LogP contribution in [0.2, 0.25) is 0 Å². The summed E-state index contributed by atoms with van der Waals surface area (Å²) in [5, 5.41) is 47.6. The van der Waals surface area contributed by atoms with Gasteiger partial charge in [-0.2, -0.15) is 0 Å². The third-order valence-corrected chi connectivity index (χ3v) is 14.4. The lowest BCUT2D eigenvalue weighted by Crippen LogP contribution is -2.57. The molecule has 0 amide bonds. The zero-order chi connectivity index (χ0) is 51.0. The van der Waals surface area contributed by atoms with Gasteiger partial charge in [0.25, 0.3) is 11.4 Å². The molecule has 6 rings (SSSR count). The van der Waals surface area contributed by atoms with Gasteiger partial charge in [0.1, 0.15) is 11.5 Å². The molecule has 0 radical (unpaired) electrons. The second-order valence-corrected chi connectivity index (χ2v) is 19.5. The number of nitrogens with zero attached hydrogens (tertiary/aromatic N) is 2. The number of unbranched alkanes of at least 4 members (excludes halogenated alkanes) is 2. The molecule has 14 nitrogen and oxygen atoms in total. The topological polar surface area (TPSA) is 213 Å². The minimum absolute atomic E-state index is 0.159. The lowest BCUT2D eigenvalue weighted by Gasteiger charge is -2.42. The molecule has 0 heterocycles. The molecule has 0 unspecified atom stereocenters. The van der Waals surface area contributed by atoms with E-state index in [4.69, 9.17) is 9.47 Å². The molecule has 4 aromatic carbocycles. The van der Waals surface area contributed by atoms with Crippen LogP contribution >= 0.6 is 0 Å². The number of ether oxygens (including phenoxy) is 2. The van der Waals surface area contributed by atoms with Crippen LogP contribution in [0, 0.1) is 49.3 Å². The number of allylic oxidation sites excluding steroid dienone is 1. The van der Waals surface area contributed by atoms with Gasteiger partial charge in [0.2, 0.25) is 11.6 Å². The molecule has 71 heavy (non-hydrogen) atoms. The Morgan fingerprint density at radius 1 is 0.577 bits per heavy atom. The monoisotopic (exact) mass is 970 g/mol. The van der Waals surface area contributed by atoms with Crippen molar-refractivity contribution in [1.82, 2.24) is 0 Å². The number of hydrogen-bond acceptors (Lipinski definition) is 12. The second kappa shape index (κ2) is 25.5. The fraction of sp³-hybridized carbons (Fsp3) is 0.439. The number of carbonyl (C=O) groups excluding carboxylic acids is 4. The molecule has 2 saturated carbocycles. The molecule has 4 aromatic rings. The first kappa shape index (κ1) is 53.7. The first-order valence-electron chi connectivity index (χ1n) is 25.1. The lowest BCUT2D eigenvalue weighted by molar-refractivity contribution is -0.385. The minimum atomic E-state index is -3.28. The number of nitro benzene ring substituents is 2. The van der Waals surface area contributed by atoms with Gasteiger partial charge in [-0.05, 0) is 135 Å². The molecular formula is C57H66N2O12. The van der Waals surface area contributed by atoms with E-state index >= 15 is 0 Å². The molecule has 2 fully saturated rings. The van der Waals surface area contributed by atoms with E-state index in [-0.39, 0.29) is 48.0 Å². The van der Waals surface area contributed by atoms with Crippen molar-refractivity contribution in [3.8, 4) is 11.5 Å². The maximum Gasteiger partial charge on any atom is 0.314 e. The van der Waals surface area contributed by atoms with Crippen molar-refractivity contribution in [2.24, 2.45) is 29.1 Å². The van der Waals surface area contributed by atoms with E-state index < -0.39 is 39.0 Å². The Morgan fingerprint density at radius 2 is 0.958 bits per heavy atom. The van der Waals surface area contributed by atoms with Crippen LogP contribution < -0.4 is 9.47 Å². The predicted molar refractivity (Wildman–Crippen MR) is 270 cm³/mol. The van der Waals surface area contributed by atoms with Crippen molar-refractivity contribution in [3.63, 3.8) is 0 Å². The third-order valence-electron chi connectivity index (χ3n) is 14.4. The number of ketones is 2. The van der Waals surface area contributed by atoms with Crippen LogP contribution in [-0.2, 0) is 32.0 Å². The Bertz CT molecular complexity index is 2440. The van der Waals surface area contributed by atoms with E-state index in [1.807, 2.05) is 0 Å². The SMILES string of the molecule is CCCCC1CCC(C(=O)Oc2ccc(C=CC(=O)CC(Cc3ccc([N+](=O)[O-])cc3)(Cc3ccc([N+](=O)[O-])cc3)C(O)(O)C(=O)C=Cc3ccc(OC(=O)C4CCC(CCCC)CC4)cc3)cc2)CC1. The molecular weight excluding hydrogens is 905 g/mol. The van der Waals surface area contributed by atoms with E-state index in [0.29, 0.717) is 45.6 Å². The zero-order valence-electron chi connectivity index (χ0n) is 40.7. The smallest absolute Gasteiger partial charge is 0.314 e. The standard InChI is InChI=1S/C57H66N2O12/c1-3-5-7-40-9-23-46(24-10-40)54(62)70-51-32-18-42(19-33-51)17-31-50(60)39-56(37-44-13-27-48(28-14-44)58(66)67,38-45-15-29-49(30-16-45)59(68)69)57(64,65)53(61)36-22-43-20-34-52(35-21-43)71-55(63)47-25-11-41(12-26-47)8-6-4-2/h13-22,27-36,40-41,46-47,64-65H,3-12,23-26,37-39H2,1-2H3. The molecule has 2 aliphatic carbocycles. The quantitative estimate of drug-likeness (QED) is 0.0168. The zero-order valence-corrected chi connectivity index (χ0v) is 40.7. The first-order valence-corrected chi connectivity index (χ1v) is 25.1. The highest BCUT2D eigenvalue weighted by molar-refractivity contribution is 6.01. The lowest BCUT2D eigenvalue weighted by atomic mass is 9.65. The van der Waals surface area contributed by atoms with Crippen LogP contribution in [0.15, 0.2) is 109 Å². The molecule has 2 aliphatic rings. The van der Waals surface area contributed by atoms with E-state index in [1.54, 1.807) is 48.5 Å². The van der Waals surface area contributed by atoms with Crippen LogP contribution in [0.3, 0.4) is 0 Å². The fourth-order valence-corrected chi connectivity index (χ4v) is 9.99. The maximum atomic E-state index is 14.2. The number of carbonyl (C=O) groups is 4. The van der Waals surface area contributed by atoms with E-state index in [9.17, 15) is 49.6 Å². The molecule has 2 N–H and O–H groups in total. The van der Waals surface area contributed by atoms with Gasteiger partial charge < -0.3 is 19.7 Å². The summed E-state index contributed by atoms with van der Waals surface area (Å²) >= 11 is 0. The van der Waals surface area contributed by atoms with Crippen LogP contribution in [-0.4, -0.2) is 49.4 Å². The largest absolute Gasteiger partial charge is 0.426 e. The summed E-state index contributed by atoms with van der Waals surface area (Å²) in [7, 11) is 0. The van der Waals surface area contributed by atoms with Crippen LogP contribution in [0.25, 0.3) is 12.2 Å². The van der Waals surface area contributed by atoms with Crippen LogP contribution in [0.1, 0.15) is 132 Å². The molecule has 376 valence electrons. The minimum Gasteiger partial charge on any atom is -0.426 e. The Kier molecular flexibility index (Phi) is 19.3. The number of non-ortho nitro benzene ring substituents is 2. The maximum absolute atomic E-state index is 14.2. The summed E-state index contributed by atoms with van der Waals surface area (Å²) in [6.07, 6.45) is 18.0. The number of esters is 2. The summed E-state index contributed by atoms with van der Waals surface area (Å²) in [5.74, 6) is -3.99. The van der Waals surface area contributed by atoms with Gasteiger partial charge in [-0.3, -0.25) is 39.4 Å². The van der Waals surface area contributed by atoms with Gasteiger partial charge in [-0.15, -0.1) is 0 Å². The Hall–Kier alpha value is -6.64. The summed E-state index contributed by atoms with van der Waals surface area (Å²) in [4.78, 5) is 76.3. The number of aliphatic hydroxyl groups is 2. The number of rotatable bonds is 24. The van der Waals surface area contributed by atoms with Gasteiger partial charge >= 0.3 is 11.9 Å². The second-order valence-electron chi connectivity index (χ2n) is 19.5. The van der Waals surface area contributed by atoms with Crippen molar-refractivity contribution in [2.75, 3.05) is 0 Å². The van der Waals surface area contributed by atoms with E-state index in [0.717, 1.165) is 70.3 Å². The van der Waals surface area contributed by atoms with E-state index in [1.165, 1.54) is 92.4 Å². The highest BCUT2D eigenvalue weighted by Crippen LogP contribution is 2.43. The predicted octanol–water partition coefficient (Wildman–Crippen LogP) is 11.7. The molecule has 0 atom stereocenters. The number of benzene rings is 4. The summed E-state index contributed by atoms with van der Waals surface area (Å²) in [5.41, 5.74) is -0.832. The number of nitro groups is 2. The Balaban J connectivity index is 1.22. The molecule has 0 aromatic heterocycles. The Morgan fingerprint density at radius 3 is 1.32 bits per heavy atom. The van der Waals surface area contributed by atoms with E-state index in [2.05, 4.69) is 13.8 Å². The number of hydrogen-bond donors (Lipinski definition) is 2. The summed E-state index contributed by atoms with van der Waals surface area (Å²) in [6, 6.07) is 23.5. The highest BCUT2D eigenvalue weighted by Gasteiger charge is 2.54. The third kappa shape index (κ3) is 15.2. The molecule has 14 heteroatoms. The molecule has 0 bridgehead atoms. The van der Waals surface area contributed by atoms with Crippen LogP contribution in [0.4, 0.5) is 11.4 Å². The first-order chi connectivity index (χ1) is 34.1. The average Bonchev–Trinajstić information content (AvgIpc) is 3.37. The highest BCUT2D eigenvalue weighted by atomic mass is 16.6. The average molecular weight is 971 g/mol. The van der Waals surface area contributed by atoms with Crippen LogP contribution in [0.5, 0.6) is 11.5 Å². The van der Waals surface area contributed by atoms with Crippen molar-refractivity contribution < 1.29 is 48.7 Å². The molecule has 0 saturated heterocycles. The van der Waals surface area contributed by atoms with Crippen molar-refractivity contribution >= 4 is 47.0 Å². The van der Waals surface area contributed by atoms with Gasteiger partial charge in [0.15, 0.2) is 5.78 Å². The van der Waals surface area contributed by atoms with Crippen molar-refractivity contribution in [2.45, 2.75) is 129 Å². The van der Waals surface area contributed by atoms with Gasteiger partial charge in [0.05, 0.1) is 21.7 Å². The van der Waals surface area contributed by atoms with Gasteiger partial charge in [-0.1, -0.05) is 113 Å². The fourth-order valence-electron chi connectivity index (χ4n) is 9.99. The van der Waals surface area contributed by atoms with Crippen molar-refractivity contribution in [1.29, 1.82) is 0 Å². The Labute approximate surface area is 415 Å².